The highest BCUT2D eigenvalue weighted by Gasteiger charge is 2.00. The molecular formula is C13H15N3. The number of hydrogen-bond donors (Lipinski definition) is 3. The summed E-state index contributed by atoms with van der Waals surface area (Å²) in [5.41, 5.74) is 21.8. The van der Waals surface area contributed by atoms with Gasteiger partial charge in [-0.3, -0.25) is 0 Å². The Bertz CT molecular complexity index is 489. The molecule has 0 unspecified atom stereocenters. The lowest BCUT2D eigenvalue weighted by Crippen LogP contribution is -1.98. The topological polar surface area (TPSA) is 78.1 Å². The third-order valence-electron chi connectivity index (χ3n) is 2.49. The van der Waals surface area contributed by atoms with E-state index in [0.717, 1.165) is 28.1 Å². The van der Waals surface area contributed by atoms with Crippen molar-refractivity contribution in [1.29, 1.82) is 0 Å². The summed E-state index contributed by atoms with van der Waals surface area (Å²) in [7, 11) is 0. The van der Waals surface area contributed by atoms with Crippen LogP contribution in [0.4, 0.5) is 11.4 Å². The normalized spacial score (nSPS) is 10.3. The van der Waals surface area contributed by atoms with Gasteiger partial charge in [-0.05, 0) is 47.0 Å². The van der Waals surface area contributed by atoms with Crippen LogP contribution in [0.2, 0.25) is 0 Å². The first kappa shape index (κ1) is 10.5. The van der Waals surface area contributed by atoms with Gasteiger partial charge in [0, 0.05) is 17.9 Å². The summed E-state index contributed by atoms with van der Waals surface area (Å²) in [4.78, 5) is 0. The Hall–Kier alpha value is -2.00. The van der Waals surface area contributed by atoms with Crippen LogP contribution in [0, 0.1) is 0 Å². The van der Waals surface area contributed by atoms with Crippen LogP contribution in [0.15, 0.2) is 42.5 Å². The molecule has 0 aliphatic rings. The van der Waals surface area contributed by atoms with Crippen LogP contribution >= 0.6 is 0 Å². The molecule has 0 saturated heterocycles. The average molecular weight is 213 g/mol. The van der Waals surface area contributed by atoms with Crippen molar-refractivity contribution in [2.75, 3.05) is 11.5 Å². The quantitative estimate of drug-likeness (QED) is 0.667. The second-order valence-electron chi connectivity index (χ2n) is 3.79. The summed E-state index contributed by atoms with van der Waals surface area (Å²) < 4.78 is 0. The number of rotatable bonds is 2. The maximum Gasteiger partial charge on any atom is 0.0323 e. The predicted molar refractivity (Wildman–Crippen MR) is 68.6 cm³/mol. The minimum absolute atomic E-state index is 0.493. The molecule has 0 aliphatic heterocycles. The molecule has 0 aromatic heterocycles. The van der Waals surface area contributed by atoms with E-state index in [1.165, 1.54) is 0 Å². The van der Waals surface area contributed by atoms with E-state index in [1.807, 2.05) is 42.5 Å². The highest BCUT2D eigenvalue weighted by atomic mass is 14.6. The summed E-state index contributed by atoms with van der Waals surface area (Å²) in [5.74, 6) is 0. The summed E-state index contributed by atoms with van der Waals surface area (Å²) in [6.45, 7) is 0.493. The molecule has 0 spiro atoms. The first-order chi connectivity index (χ1) is 7.69. The fraction of sp³-hybridized carbons (Fsp3) is 0.0769. The zero-order chi connectivity index (χ0) is 11.5. The van der Waals surface area contributed by atoms with Crippen molar-refractivity contribution in [3.8, 4) is 11.1 Å². The van der Waals surface area contributed by atoms with E-state index >= 15 is 0 Å². The van der Waals surface area contributed by atoms with Gasteiger partial charge in [-0.25, -0.2) is 0 Å². The molecule has 0 saturated carbocycles. The molecule has 0 aliphatic carbocycles. The minimum Gasteiger partial charge on any atom is -0.399 e. The molecule has 6 N–H and O–H groups in total. The van der Waals surface area contributed by atoms with Gasteiger partial charge in [0.05, 0.1) is 0 Å². The maximum atomic E-state index is 5.82. The fourth-order valence-electron chi connectivity index (χ4n) is 1.68. The number of nitrogens with two attached hydrogens (primary N) is 3. The van der Waals surface area contributed by atoms with E-state index < -0.39 is 0 Å². The van der Waals surface area contributed by atoms with E-state index in [0.29, 0.717) is 6.54 Å². The average Bonchev–Trinajstić information content (AvgIpc) is 2.29. The summed E-state index contributed by atoms with van der Waals surface area (Å²) in [6.07, 6.45) is 0. The van der Waals surface area contributed by atoms with Gasteiger partial charge in [-0.1, -0.05) is 12.1 Å². The Morgan fingerprint density at radius 3 is 2.06 bits per heavy atom. The maximum absolute atomic E-state index is 5.82. The predicted octanol–water partition coefficient (Wildman–Crippen LogP) is 1.98. The molecule has 2 aromatic carbocycles. The van der Waals surface area contributed by atoms with E-state index in [-0.39, 0.29) is 0 Å². The van der Waals surface area contributed by atoms with Gasteiger partial charge < -0.3 is 17.2 Å². The zero-order valence-electron chi connectivity index (χ0n) is 8.98. The Balaban J connectivity index is 2.47. The van der Waals surface area contributed by atoms with Crippen molar-refractivity contribution in [3.05, 3.63) is 48.0 Å². The molecule has 0 bridgehead atoms. The van der Waals surface area contributed by atoms with Gasteiger partial charge in [0.15, 0.2) is 0 Å². The van der Waals surface area contributed by atoms with Crippen molar-refractivity contribution >= 4 is 11.4 Å². The van der Waals surface area contributed by atoms with Gasteiger partial charge in [0.1, 0.15) is 0 Å². The number of benzene rings is 2. The highest BCUT2D eigenvalue weighted by molar-refractivity contribution is 5.69. The lowest BCUT2D eigenvalue weighted by molar-refractivity contribution is 1.07. The van der Waals surface area contributed by atoms with E-state index in [1.54, 1.807) is 0 Å². The van der Waals surface area contributed by atoms with Crippen LogP contribution in [-0.2, 0) is 6.54 Å². The van der Waals surface area contributed by atoms with E-state index in [9.17, 15) is 0 Å². The van der Waals surface area contributed by atoms with Crippen LogP contribution in [0.3, 0.4) is 0 Å². The van der Waals surface area contributed by atoms with Gasteiger partial charge in [-0.15, -0.1) is 0 Å². The summed E-state index contributed by atoms with van der Waals surface area (Å²) in [5, 5.41) is 0. The first-order valence-electron chi connectivity index (χ1n) is 5.14. The fourth-order valence-corrected chi connectivity index (χ4v) is 1.68. The van der Waals surface area contributed by atoms with Crippen molar-refractivity contribution in [2.24, 2.45) is 5.73 Å². The smallest absolute Gasteiger partial charge is 0.0323 e. The van der Waals surface area contributed by atoms with Crippen molar-refractivity contribution < 1.29 is 0 Å². The van der Waals surface area contributed by atoms with Crippen LogP contribution in [0.25, 0.3) is 11.1 Å². The first-order valence-corrected chi connectivity index (χ1v) is 5.14. The van der Waals surface area contributed by atoms with Crippen LogP contribution in [-0.4, -0.2) is 0 Å². The van der Waals surface area contributed by atoms with Gasteiger partial charge in [0.2, 0.25) is 0 Å². The van der Waals surface area contributed by atoms with Gasteiger partial charge >= 0.3 is 0 Å². The van der Waals surface area contributed by atoms with Gasteiger partial charge in [0.25, 0.3) is 0 Å². The largest absolute Gasteiger partial charge is 0.399 e. The SMILES string of the molecule is NCc1cc(N)cc(-c2ccc(N)cc2)c1. The molecule has 0 atom stereocenters. The molecular weight excluding hydrogens is 198 g/mol. The Morgan fingerprint density at radius 1 is 0.750 bits per heavy atom. The minimum atomic E-state index is 0.493. The molecule has 3 heteroatoms. The molecule has 2 rings (SSSR count). The monoisotopic (exact) mass is 213 g/mol. The number of anilines is 2. The standard InChI is InChI=1S/C13H15N3/c14-8-9-5-11(7-13(16)6-9)10-1-3-12(15)4-2-10/h1-7H,8,14-16H2. The van der Waals surface area contributed by atoms with E-state index in [2.05, 4.69) is 0 Å². The van der Waals surface area contributed by atoms with Crippen molar-refractivity contribution in [3.63, 3.8) is 0 Å². The second kappa shape index (κ2) is 4.24. The lowest BCUT2D eigenvalue weighted by Gasteiger charge is -2.06. The lowest BCUT2D eigenvalue weighted by atomic mass is 10.0. The van der Waals surface area contributed by atoms with Crippen LogP contribution in [0.1, 0.15) is 5.56 Å². The van der Waals surface area contributed by atoms with Crippen LogP contribution < -0.4 is 17.2 Å². The summed E-state index contributed by atoms with van der Waals surface area (Å²) in [6, 6.07) is 13.6. The molecule has 3 nitrogen and oxygen atoms in total. The number of nitrogen functional groups attached to an aromatic ring is 2. The number of hydrogen-bond acceptors (Lipinski definition) is 3. The Kier molecular flexibility index (Phi) is 2.79. The third-order valence-corrected chi connectivity index (χ3v) is 2.49. The third kappa shape index (κ3) is 2.15. The molecule has 2 aromatic rings. The molecule has 0 amide bonds. The summed E-state index contributed by atoms with van der Waals surface area (Å²) >= 11 is 0. The molecule has 82 valence electrons. The Morgan fingerprint density at radius 2 is 1.44 bits per heavy atom. The van der Waals surface area contributed by atoms with Gasteiger partial charge in [-0.2, -0.15) is 0 Å². The zero-order valence-corrected chi connectivity index (χ0v) is 8.98. The van der Waals surface area contributed by atoms with Crippen molar-refractivity contribution in [2.45, 2.75) is 6.54 Å². The van der Waals surface area contributed by atoms with Crippen LogP contribution in [0.5, 0.6) is 0 Å². The second-order valence-corrected chi connectivity index (χ2v) is 3.79. The van der Waals surface area contributed by atoms with E-state index in [4.69, 9.17) is 17.2 Å². The Labute approximate surface area is 94.9 Å². The van der Waals surface area contributed by atoms with Crippen molar-refractivity contribution in [1.82, 2.24) is 0 Å². The molecule has 0 radical (unpaired) electrons. The molecule has 0 fully saturated rings. The highest BCUT2D eigenvalue weighted by Crippen LogP contribution is 2.24. The molecule has 0 heterocycles. The molecule has 16 heavy (non-hydrogen) atoms.